The molecular weight excluding hydrogens is 233 g/mol. The van der Waals surface area contributed by atoms with Crippen molar-refractivity contribution < 1.29 is 9.31 Å². The van der Waals surface area contributed by atoms with E-state index in [1.807, 2.05) is 0 Å². The number of benzene rings is 2. The molecule has 0 amide bonds. The van der Waals surface area contributed by atoms with Gasteiger partial charge in [-0.05, 0) is 34.9 Å². The van der Waals surface area contributed by atoms with Crippen LogP contribution < -0.4 is 0 Å². The van der Waals surface area contributed by atoms with Gasteiger partial charge in [-0.15, -0.1) is 0 Å². The summed E-state index contributed by atoms with van der Waals surface area (Å²) in [7, 11) is 0. The Kier molecular flexibility index (Phi) is 3.19. The van der Waals surface area contributed by atoms with Crippen molar-refractivity contribution in [3.8, 4) is 11.1 Å². The fourth-order valence-electron chi connectivity index (χ4n) is 1.72. The van der Waals surface area contributed by atoms with E-state index >= 15 is 0 Å². The summed E-state index contributed by atoms with van der Waals surface area (Å²) in [6.45, 7) is 3.67. The van der Waals surface area contributed by atoms with E-state index < -0.39 is 4.92 Å². The fourth-order valence-corrected chi connectivity index (χ4v) is 1.72. The average Bonchev–Trinajstić information content (AvgIpc) is 2.39. The molecule has 0 saturated carbocycles. The van der Waals surface area contributed by atoms with Gasteiger partial charge in [-0.1, -0.05) is 24.8 Å². The molecule has 0 aliphatic carbocycles. The molecule has 0 spiro atoms. The normalized spacial score (nSPS) is 10.1. The molecule has 0 aliphatic rings. The Balaban J connectivity index is 2.60. The summed E-state index contributed by atoms with van der Waals surface area (Å²) in [6.07, 6.45) is 1.61. The smallest absolute Gasteiger partial charge is 0.258 e. The van der Waals surface area contributed by atoms with Gasteiger partial charge in [-0.3, -0.25) is 10.1 Å². The average molecular weight is 243 g/mol. The quantitative estimate of drug-likeness (QED) is 0.603. The molecule has 0 aromatic heterocycles. The molecule has 0 fully saturated rings. The van der Waals surface area contributed by atoms with E-state index in [1.165, 1.54) is 24.3 Å². The van der Waals surface area contributed by atoms with Crippen molar-refractivity contribution in [3.05, 3.63) is 70.5 Å². The van der Waals surface area contributed by atoms with Crippen LogP contribution in [0.15, 0.2) is 49.0 Å². The van der Waals surface area contributed by atoms with Gasteiger partial charge < -0.3 is 0 Å². The van der Waals surface area contributed by atoms with Crippen LogP contribution in [-0.4, -0.2) is 4.92 Å². The van der Waals surface area contributed by atoms with E-state index in [-0.39, 0.29) is 11.5 Å². The molecule has 0 radical (unpaired) electrons. The number of hydrogen-bond acceptors (Lipinski definition) is 2. The van der Waals surface area contributed by atoms with Gasteiger partial charge in [0.05, 0.1) is 4.92 Å². The van der Waals surface area contributed by atoms with Crippen molar-refractivity contribution in [2.24, 2.45) is 0 Å². The van der Waals surface area contributed by atoms with Gasteiger partial charge in [0.2, 0.25) is 0 Å². The Morgan fingerprint density at radius 1 is 1.17 bits per heavy atom. The molecule has 0 aliphatic heterocycles. The molecule has 0 bridgehead atoms. The van der Waals surface area contributed by atoms with E-state index in [1.54, 1.807) is 24.3 Å². The van der Waals surface area contributed by atoms with Crippen LogP contribution in [0.4, 0.5) is 10.1 Å². The van der Waals surface area contributed by atoms with E-state index in [9.17, 15) is 14.5 Å². The van der Waals surface area contributed by atoms with Gasteiger partial charge in [-0.2, -0.15) is 0 Å². The lowest BCUT2D eigenvalue weighted by atomic mass is 9.99. The highest BCUT2D eigenvalue weighted by Crippen LogP contribution is 2.28. The maximum absolute atomic E-state index is 12.9. The van der Waals surface area contributed by atoms with Crippen LogP contribution in [0.25, 0.3) is 17.2 Å². The van der Waals surface area contributed by atoms with Crippen molar-refractivity contribution in [2.45, 2.75) is 0 Å². The second-order valence-corrected chi connectivity index (χ2v) is 3.74. The molecule has 0 atom stereocenters. The Hall–Kier alpha value is -2.49. The van der Waals surface area contributed by atoms with Crippen LogP contribution in [0.2, 0.25) is 0 Å². The Morgan fingerprint density at radius 3 is 2.39 bits per heavy atom. The molecule has 0 N–H and O–H groups in total. The first-order valence-electron chi connectivity index (χ1n) is 5.28. The largest absolute Gasteiger partial charge is 0.270 e. The molecule has 2 aromatic carbocycles. The summed E-state index contributed by atoms with van der Waals surface area (Å²) in [5.74, 6) is -0.343. The Bertz CT molecular complexity index is 606. The van der Waals surface area contributed by atoms with E-state index in [0.717, 1.165) is 11.1 Å². The molecule has 3 nitrogen and oxygen atoms in total. The Labute approximate surface area is 103 Å². The molecule has 0 unspecified atom stereocenters. The van der Waals surface area contributed by atoms with Crippen LogP contribution in [-0.2, 0) is 0 Å². The van der Waals surface area contributed by atoms with E-state index in [0.29, 0.717) is 5.56 Å². The number of rotatable bonds is 3. The summed E-state index contributed by atoms with van der Waals surface area (Å²) >= 11 is 0. The first-order valence-corrected chi connectivity index (χ1v) is 5.28. The zero-order chi connectivity index (χ0) is 13.1. The van der Waals surface area contributed by atoms with Crippen molar-refractivity contribution in [1.29, 1.82) is 0 Å². The monoisotopic (exact) mass is 243 g/mol. The van der Waals surface area contributed by atoms with Crippen molar-refractivity contribution >= 4 is 11.8 Å². The zero-order valence-electron chi connectivity index (χ0n) is 9.47. The molecule has 0 saturated heterocycles. The topological polar surface area (TPSA) is 43.1 Å². The van der Waals surface area contributed by atoms with Gasteiger partial charge in [0.25, 0.3) is 5.69 Å². The van der Waals surface area contributed by atoms with E-state index in [2.05, 4.69) is 6.58 Å². The summed E-state index contributed by atoms with van der Waals surface area (Å²) in [6, 6.07) is 10.3. The highest BCUT2D eigenvalue weighted by Gasteiger charge is 2.10. The second kappa shape index (κ2) is 4.79. The maximum Gasteiger partial charge on any atom is 0.270 e. The predicted molar refractivity (Wildman–Crippen MR) is 68.6 cm³/mol. The van der Waals surface area contributed by atoms with E-state index in [4.69, 9.17) is 0 Å². The fraction of sp³-hybridized carbons (Fsp3) is 0. The standard InChI is InChI=1S/C14H10FNO2/c1-2-10-5-8-13(16(17)18)9-14(10)11-3-6-12(15)7-4-11/h2-9H,1H2. The zero-order valence-corrected chi connectivity index (χ0v) is 9.47. The minimum absolute atomic E-state index is 0.0000694. The number of non-ortho nitro benzene ring substituents is 1. The molecule has 4 heteroatoms. The predicted octanol–water partition coefficient (Wildman–Crippen LogP) is 4.04. The minimum atomic E-state index is -0.458. The summed E-state index contributed by atoms with van der Waals surface area (Å²) in [5.41, 5.74) is 2.15. The van der Waals surface area contributed by atoms with Crippen LogP contribution in [0.3, 0.4) is 0 Å². The van der Waals surface area contributed by atoms with Crippen LogP contribution >= 0.6 is 0 Å². The summed E-state index contributed by atoms with van der Waals surface area (Å²) < 4.78 is 12.9. The van der Waals surface area contributed by atoms with Gasteiger partial charge in [0.15, 0.2) is 0 Å². The van der Waals surface area contributed by atoms with Gasteiger partial charge >= 0.3 is 0 Å². The van der Waals surface area contributed by atoms with Crippen molar-refractivity contribution in [1.82, 2.24) is 0 Å². The third-order valence-electron chi connectivity index (χ3n) is 2.62. The number of nitro groups is 1. The second-order valence-electron chi connectivity index (χ2n) is 3.74. The number of halogens is 1. The maximum atomic E-state index is 12.9. The molecule has 0 heterocycles. The molecule has 2 rings (SSSR count). The highest BCUT2D eigenvalue weighted by molar-refractivity contribution is 5.76. The summed E-state index contributed by atoms with van der Waals surface area (Å²) in [5, 5.41) is 10.8. The lowest BCUT2D eigenvalue weighted by Crippen LogP contribution is -1.90. The number of hydrogen-bond donors (Lipinski definition) is 0. The molecule has 18 heavy (non-hydrogen) atoms. The highest BCUT2D eigenvalue weighted by atomic mass is 19.1. The van der Waals surface area contributed by atoms with Crippen LogP contribution in [0.5, 0.6) is 0 Å². The third kappa shape index (κ3) is 2.27. The first-order chi connectivity index (χ1) is 8.61. The SMILES string of the molecule is C=Cc1ccc([N+](=O)[O-])cc1-c1ccc(F)cc1. The van der Waals surface area contributed by atoms with Crippen LogP contribution in [0.1, 0.15) is 5.56 Å². The third-order valence-corrected chi connectivity index (χ3v) is 2.62. The van der Waals surface area contributed by atoms with Gasteiger partial charge in [-0.25, -0.2) is 4.39 Å². The lowest BCUT2D eigenvalue weighted by molar-refractivity contribution is -0.384. The molecular formula is C14H10FNO2. The molecule has 2 aromatic rings. The van der Waals surface area contributed by atoms with Crippen LogP contribution in [0, 0.1) is 15.9 Å². The first kappa shape index (κ1) is 12.0. The van der Waals surface area contributed by atoms with Gasteiger partial charge in [0, 0.05) is 12.1 Å². The lowest BCUT2D eigenvalue weighted by Gasteiger charge is -2.06. The van der Waals surface area contributed by atoms with Gasteiger partial charge in [0.1, 0.15) is 5.82 Å². The van der Waals surface area contributed by atoms with Crippen molar-refractivity contribution in [2.75, 3.05) is 0 Å². The number of nitrogens with zero attached hydrogens (tertiary/aromatic N) is 1. The number of nitro benzene ring substituents is 1. The molecule has 90 valence electrons. The summed E-state index contributed by atoms with van der Waals surface area (Å²) in [4.78, 5) is 10.3. The Morgan fingerprint density at radius 2 is 1.83 bits per heavy atom. The van der Waals surface area contributed by atoms with Crippen molar-refractivity contribution in [3.63, 3.8) is 0 Å². The minimum Gasteiger partial charge on any atom is -0.258 e.